The molecule has 0 bridgehead atoms. The van der Waals surface area contributed by atoms with Crippen molar-refractivity contribution in [2.45, 2.75) is 51.5 Å². The Kier molecular flexibility index (Phi) is 5.19. The lowest BCUT2D eigenvalue weighted by atomic mass is 10.0. The first-order valence-corrected chi connectivity index (χ1v) is 7.34. The van der Waals surface area contributed by atoms with Crippen molar-refractivity contribution in [2.75, 3.05) is 13.2 Å². The summed E-state index contributed by atoms with van der Waals surface area (Å²) >= 11 is 1.37. The third kappa shape index (κ3) is 4.24. The first-order chi connectivity index (χ1) is 8.38. The van der Waals surface area contributed by atoms with Crippen LogP contribution in [0.25, 0.3) is 0 Å². The summed E-state index contributed by atoms with van der Waals surface area (Å²) in [5, 5.41) is 4.24. The Labute approximate surface area is 107 Å². The summed E-state index contributed by atoms with van der Waals surface area (Å²) in [6, 6.07) is 0.631. The van der Waals surface area contributed by atoms with Gasteiger partial charge in [0.05, 0.1) is 6.61 Å². The minimum absolute atomic E-state index is 0.631. The van der Waals surface area contributed by atoms with E-state index in [9.17, 15) is 0 Å². The van der Waals surface area contributed by atoms with Crippen molar-refractivity contribution >= 4 is 11.5 Å². The number of piperidine rings is 1. The van der Waals surface area contributed by atoms with Gasteiger partial charge in [-0.1, -0.05) is 13.3 Å². The van der Waals surface area contributed by atoms with Crippen molar-refractivity contribution in [1.82, 2.24) is 14.7 Å². The van der Waals surface area contributed by atoms with Gasteiger partial charge in [0.2, 0.25) is 0 Å². The van der Waals surface area contributed by atoms with Gasteiger partial charge in [0.1, 0.15) is 5.82 Å². The van der Waals surface area contributed by atoms with Gasteiger partial charge in [-0.25, -0.2) is 0 Å². The first-order valence-electron chi connectivity index (χ1n) is 6.57. The molecule has 0 radical (unpaired) electrons. The van der Waals surface area contributed by atoms with Gasteiger partial charge in [0.25, 0.3) is 5.19 Å². The second-order valence-corrected chi connectivity index (χ2v) is 5.22. The van der Waals surface area contributed by atoms with Crippen LogP contribution in [0.5, 0.6) is 5.19 Å². The molecule has 96 valence electrons. The Morgan fingerprint density at radius 2 is 2.41 bits per heavy atom. The molecule has 1 aromatic rings. The van der Waals surface area contributed by atoms with E-state index in [1.54, 1.807) is 0 Å². The van der Waals surface area contributed by atoms with E-state index in [0.29, 0.717) is 6.04 Å². The van der Waals surface area contributed by atoms with E-state index in [1.165, 1.54) is 30.8 Å². The summed E-state index contributed by atoms with van der Waals surface area (Å²) in [6.45, 7) is 4.04. The molecule has 1 aliphatic rings. The number of hydrogen-bond acceptors (Lipinski definition) is 5. The molecule has 4 nitrogen and oxygen atoms in total. The van der Waals surface area contributed by atoms with Crippen molar-refractivity contribution in [3.63, 3.8) is 0 Å². The molecule has 0 saturated carbocycles. The largest absolute Gasteiger partial charge is 0.469 e. The number of ether oxygens (including phenoxy) is 1. The Hall–Kier alpha value is -0.680. The van der Waals surface area contributed by atoms with Crippen molar-refractivity contribution in [2.24, 2.45) is 0 Å². The third-order valence-electron chi connectivity index (χ3n) is 3.03. The van der Waals surface area contributed by atoms with E-state index in [1.807, 2.05) is 0 Å². The number of aryl methyl sites for hydroxylation is 1. The summed E-state index contributed by atoms with van der Waals surface area (Å²) in [6.07, 6.45) is 7.04. The molecule has 1 aliphatic heterocycles. The van der Waals surface area contributed by atoms with Crippen LogP contribution in [0.15, 0.2) is 0 Å². The van der Waals surface area contributed by atoms with Crippen LogP contribution < -0.4 is 10.1 Å². The van der Waals surface area contributed by atoms with Gasteiger partial charge in [-0.2, -0.15) is 9.36 Å². The molecule has 0 spiro atoms. The zero-order chi connectivity index (χ0) is 11.9. The quantitative estimate of drug-likeness (QED) is 0.848. The normalized spacial score (nSPS) is 20.4. The Bertz CT molecular complexity index is 323. The average Bonchev–Trinajstić information content (AvgIpc) is 2.79. The Morgan fingerprint density at radius 3 is 3.18 bits per heavy atom. The van der Waals surface area contributed by atoms with Crippen LogP contribution in [0.3, 0.4) is 0 Å². The van der Waals surface area contributed by atoms with E-state index in [2.05, 4.69) is 21.6 Å². The summed E-state index contributed by atoms with van der Waals surface area (Å²) in [7, 11) is 0. The molecule has 1 atom stereocenters. The van der Waals surface area contributed by atoms with Crippen LogP contribution in [0.1, 0.15) is 44.9 Å². The highest BCUT2D eigenvalue weighted by atomic mass is 32.1. The van der Waals surface area contributed by atoms with E-state index in [-0.39, 0.29) is 0 Å². The first kappa shape index (κ1) is 12.8. The van der Waals surface area contributed by atoms with Crippen molar-refractivity contribution in [3.05, 3.63) is 5.82 Å². The van der Waals surface area contributed by atoms with Crippen molar-refractivity contribution in [3.8, 4) is 5.19 Å². The molecule has 1 fully saturated rings. The zero-order valence-electron chi connectivity index (χ0n) is 10.4. The fourth-order valence-corrected chi connectivity index (χ4v) is 2.68. The van der Waals surface area contributed by atoms with Crippen LogP contribution in [-0.2, 0) is 6.42 Å². The minimum Gasteiger partial charge on any atom is -0.469 e. The number of rotatable bonds is 6. The Balaban J connectivity index is 1.66. The molecule has 17 heavy (non-hydrogen) atoms. The molecular weight excluding hydrogens is 234 g/mol. The number of hydrogen-bond donors (Lipinski definition) is 1. The second kappa shape index (κ2) is 6.91. The molecular formula is C12H21N3OS. The van der Waals surface area contributed by atoms with Gasteiger partial charge >= 0.3 is 0 Å². The molecule has 1 unspecified atom stereocenters. The van der Waals surface area contributed by atoms with Gasteiger partial charge in [-0.3, -0.25) is 0 Å². The van der Waals surface area contributed by atoms with Gasteiger partial charge in [0.15, 0.2) is 0 Å². The van der Waals surface area contributed by atoms with Crippen LogP contribution in [0.4, 0.5) is 0 Å². The molecule has 0 aromatic carbocycles. The maximum Gasteiger partial charge on any atom is 0.293 e. The molecule has 2 rings (SSSR count). The lowest BCUT2D eigenvalue weighted by Crippen LogP contribution is -2.35. The van der Waals surface area contributed by atoms with Gasteiger partial charge < -0.3 is 10.1 Å². The monoisotopic (exact) mass is 255 g/mol. The SMILES string of the molecule is CCCc1nsc(OCCC2CCCCN2)n1. The highest BCUT2D eigenvalue weighted by molar-refractivity contribution is 7.07. The van der Waals surface area contributed by atoms with Gasteiger partial charge in [-0.15, -0.1) is 0 Å². The van der Waals surface area contributed by atoms with Crippen molar-refractivity contribution in [1.29, 1.82) is 0 Å². The predicted molar refractivity (Wildman–Crippen MR) is 69.7 cm³/mol. The highest BCUT2D eigenvalue weighted by Gasteiger charge is 2.12. The highest BCUT2D eigenvalue weighted by Crippen LogP contribution is 2.16. The summed E-state index contributed by atoms with van der Waals surface area (Å²) < 4.78 is 9.90. The van der Waals surface area contributed by atoms with E-state index >= 15 is 0 Å². The zero-order valence-corrected chi connectivity index (χ0v) is 11.3. The standard InChI is InChI=1S/C12H21N3OS/c1-2-5-11-14-12(17-15-11)16-9-7-10-6-3-4-8-13-10/h10,13H,2-9H2,1H3. The average molecular weight is 255 g/mol. The minimum atomic E-state index is 0.631. The maximum atomic E-state index is 5.64. The van der Waals surface area contributed by atoms with E-state index in [0.717, 1.165) is 43.4 Å². The maximum absolute atomic E-state index is 5.64. The number of nitrogens with one attached hydrogen (secondary N) is 1. The Morgan fingerprint density at radius 1 is 1.47 bits per heavy atom. The third-order valence-corrected chi connectivity index (χ3v) is 3.69. The van der Waals surface area contributed by atoms with Crippen molar-refractivity contribution < 1.29 is 4.74 Å². The lowest BCUT2D eigenvalue weighted by molar-refractivity contribution is 0.267. The molecule has 0 amide bonds. The number of aromatic nitrogens is 2. The molecule has 1 aromatic heterocycles. The molecule has 1 N–H and O–H groups in total. The predicted octanol–water partition coefficient (Wildman–Crippen LogP) is 2.40. The fourth-order valence-electron chi connectivity index (χ4n) is 2.08. The summed E-state index contributed by atoms with van der Waals surface area (Å²) in [5.74, 6) is 0.920. The van der Waals surface area contributed by atoms with E-state index < -0.39 is 0 Å². The van der Waals surface area contributed by atoms with Gasteiger partial charge in [0, 0.05) is 24.0 Å². The smallest absolute Gasteiger partial charge is 0.293 e. The second-order valence-electron chi connectivity index (χ2n) is 4.51. The molecule has 0 aliphatic carbocycles. The van der Waals surface area contributed by atoms with Crippen LogP contribution >= 0.6 is 11.5 Å². The summed E-state index contributed by atoms with van der Waals surface area (Å²) in [4.78, 5) is 4.35. The topological polar surface area (TPSA) is 47.0 Å². The lowest BCUT2D eigenvalue weighted by Gasteiger charge is -2.22. The fraction of sp³-hybridized carbons (Fsp3) is 0.833. The van der Waals surface area contributed by atoms with Crippen LogP contribution in [0, 0.1) is 0 Å². The van der Waals surface area contributed by atoms with Crippen LogP contribution in [-0.4, -0.2) is 28.6 Å². The molecule has 2 heterocycles. The summed E-state index contributed by atoms with van der Waals surface area (Å²) in [5.41, 5.74) is 0. The molecule has 5 heteroatoms. The van der Waals surface area contributed by atoms with Crippen LogP contribution in [0.2, 0.25) is 0 Å². The number of nitrogens with zero attached hydrogens (tertiary/aromatic N) is 2. The molecule has 1 saturated heterocycles. The van der Waals surface area contributed by atoms with Gasteiger partial charge in [-0.05, 0) is 32.2 Å². The van der Waals surface area contributed by atoms with E-state index in [4.69, 9.17) is 4.74 Å².